The SMILES string of the molecule is O=C(Nc1ccc(Br)cn1)Nc1cc(C(F)(F)F)ccc1F. The Morgan fingerprint density at radius 3 is 2.45 bits per heavy atom. The van der Waals surface area contributed by atoms with Crippen LogP contribution in [-0.2, 0) is 6.18 Å². The van der Waals surface area contributed by atoms with Crippen molar-refractivity contribution < 1.29 is 22.4 Å². The number of hydrogen-bond acceptors (Lipinski definition) is 2. The van der Waals surface area contributed by atoms with Crippen molar-refractivity contribution >= 4 is 33.5 Å². The van der Waals surface area contributed by atoms with Crippen molar-refractivity contribution in [3.8, 4) is 0 Å². The predicted octanol–water partition coefficient (Wildman–Crippen LogP) is 4.65. The Morgan fingerprint density at radius 1 is 1.14 bits per heavy atom. The molecule has 0 radical (unpaired) electrons. The Kier molecular flexibility index (Phi) is 4.65. The van der Waals surface area contributed by atoms with E-state index in [0.717, 1.165) is 0 Å². The molecule has 0 aliphatic carbocycles. The summed E-state index contributed by atoms with van der Waals surface area (Å²) in [6.07, 6.45) is -3.21. The standard InChI is InChI=1S/C13H8BrF4N3O/c14-8-2-4-11(19-6-8)21-12(22)20-10-5-7(13(16,17)18)1-3-9(10)15/h1-6H,(H2,19,20,21,22). The van der Waals surface area contributed by atoms with Crippen molar-refractivity contribution in [2.24, 2.45) is 0 Å². The number of nitrogens with zero attached hydrogens (tertiary/aromatic N) is 1. The summed E-state index contributed by atoms with van der Waals surface area (Å²) in [5.41, 5.74) is -1.64. The lowest BCUT2D eigenvalue weighted by atomic mass is 10.2. The largest absolute Gasteiger partial charge is 0.416 e. The summed E-state index contributed by atoms with van der Waals surface area (Å²) in [4.78, 5) is 15.5. The second-order valence-electron chi connectivity index (χ2n) is 4.13. The van der Waals surface area contributed by atoms with Gasteiger partial charge in [-0.2, -0.15) is 13.2 Å². The van der Waals surface area contributed by atoms with Gasteiger partial charge in [0.25, 0.3) is 0 Å². The summed E-state index contributed by atoms with van der Waals surface area (Å²) in [5, 5.41) is 4.28. The third-order valence-corrected chi connectivity index (χ3v) is 2.98. The third-order valence-electron chi connectivity index (χ3n) is 2.51. The van der Waals surface area contributed by atoms with Gasteiger partial charge < -0.3 is 5.32 Å². The molecule has 1 aromatic heterocycles. The molecule has 0 bridgehead atoms. The van der Waals surface area contributed by atoms with Gasteiger partial charge in [-0.3, -0.25) is 5.32 Å². The fourth-order valence-corrected chi connectivity index (χ4v) is 1.75. The van der Waals surface area contributed by atoms with E-state index in [-0.39, 0.29) is 5.82 Å². The van der Waals surface area contributed by atoms with E-state index < -0.39 is 29.3 Å². The van der Waals surface area contributed by atoms with Gasteiger partial charge in [0, 0.05) is 10.7 Å². The zero-order valence-corrected chi connectivity index (χ0v) is 12.3. The lowest BCUT2D eigenvalue weighted by Gasteiger charge is -2.11. The first kappa shape index (κ1) is 16.2. The summed E-state index contributed by atoms with van der Waals surface area (Å²) in [6.45, 7) is 0. The monoisotopic (exact) mass is 377 g/mol. The highest BCUT2D eigenvalue weighted by Crippen LogP contribution is 2.31. The lowest BCUT2D eigenvalue weighted by molar-refractivity contribution is -0.137. The Hall–Kier alpha value is -2.16. The molecule has 2 rings (SSSR count). The number of halogens is 5. The second-order valence-corrected chi connectivity index (χ2v) is 5.05. The number of carbonyl (C=O) groups excluding carboxylic acids is 1. The molecular weight excluding hydrogens is 370 g/mol. The zero-order valence-electron chi connectivity index (χ0n) is 10.7. The van der Waals surface area contributed by atoms with Crippen LogP contribution >= 0.6 is 15.9 Å². The molecule has 2 N–H and O–H groups in total. The molecule has 0 unspecified atom stereocenters. The fourth-order valence-electron chi connectivity index (χ4n) is 1.52. The van der Waals surface area contributed by atoms with Gasteiger partial charge in [-0.15, -0.1) is 0 Å². The van der Waals surface area contributed by atoms with E-state index >= 15 is 0 Å². The normalized spacial score (nSPS) is 11.1. The minimum Gasteiger partial charge on any atom is -0.305 e. The molecule has 2 amide bonds. The van der Waals surface area contributed by atoms with Crippen LogP contribution in [0.4, 0.5) is 33.9 Å². The van der Waals surface area contributed by atoms with Gasteiger partial charge in [0.2, 0.25) is 0 Å². The molecule has 2 aromatic rings. The van der Waals surface area contributed by atoms with Crippen molar-refractivity contribution in [3.63, 3.8) is 0 Å². The lowest BCUT2D eigenvalue weighted by Crippen LogP contribution is -2.21. The van der Waals surface area contributed by atoms with Crippen molar-refractivity contribution in [2.45, 2.75) is 6.18 Å². The van der Waals surface area contributed by atoms with Crippen LogP contribution in [0.1, 0.15) is 5.56 Å². The average Bonchev–Trinajstić information content (AvgIpc) is 2.42. The predicted molar refractivity (Wildman–Crippen MR) is 76.0 cm³/mol. The van der Waals surface area contributed by atoms with Gasteiger partial charge in [-0.25, -0.2) is 14.2 Å². The molecule has 0 aliphatic rings. The van der Waals surface area contributed by atoms with E-state index in [2.05, 4.69) is 26.2 Å². The number of pyridine rings is 1. The first-order chi connectivity index (χ1) is 10.3. The molecule has 9 heteroatoms. The van der Waals surface area contributed by atoms with E-state index in [1.54, 1.807) is 6.07 Å². The van der Waals surface area contributed by atoms with Crippen LogP contribution < -0.4 is 10.6 Å². The molecular formula is C13H8BrF4N3O. The maximum Gasteiger partial charge on any atom is 0.416 e. The Balaban J connectivity index is 2.12. The van der Waals surface area contributed by atoms with E-state index in [9.17, 15) is 22.4 Å². The van der Waals surface area contributed by atoms with Gasteiger partial charge in [-0.1, -0.05) is 0 Å². The van der Waals surface area contributed by atoms with Crippen molar-refractivity contribution in [2.75, 3.05) is 10.6 Å². The topological polar surface area (TPSA) is 54.0 Å². The minimum absolute atomic E-state index is 0.160. The van der Waals surface area contributed by atoms with Crippen LogP contribution in [0.2, 0.25) is 0 Å². The van der Waals surface area contributed by atoms with Crippen molar-refractivity contribution in [1.29, 1.82) is 0 Å². The highest BCUT2D eigenvalue weighted by atomic mass is 79.9. The molecule has 1 heterocycles. The number of alkyl halides is 3. The molecule has 0 atom stereocenters. The smallest absolute Gasteiger partial charge is 0.305 e. The number of anilines is 2. The summed E-state index contributed by atoms with van der Waals surface area (Å²) in [7, 11) is 0. The third kappa shape index (κ3) is 4.17. The van der Waals surface area contributed by atoms with Crippen LogP contribution in [0.3, 0.4) is 0 Å². The van der Waals surface area contributed by atoms with Crippen molar-refractivity contribution in [3.05, 3.63) is 52.4 Å². The van der Waals surface area contributed by atoms with E-state index in [1.807, 2.05) is 5.32 Å². The van der Waals surface area contributed by atoms with Crippen LogP contribution in [0.5, 0.6) is 0 Å². The fraction of sp³-hybridized carbons (Fsp3) is 0.0769. The maximum absolute atomic E-state index is 13.5. The number of nitrogens with one attached hydrogen (secondary N) is 2. The van der Waals surface area contributed by atoms with Gasteiger partial charge in [-0.05, 0) is 46.3 Å². The molecule has 0 saturated heterocycles. The number of rotatable bonds is 2. The quantitative estimate of drug-likeness (QED) is 0.748. The van der Waals surface area contributed by atoms with Gasteiger partial charge >= 0.3 is 12.2 Å². The van der Waals surface area contributed by atoms with Crippen molar-refractivity contribution in [1.82, 2.24) is 4.98 Å². The van der Waals surface area contributed by atoms with Crippen LogP contribution in [-0.4, -0.2) is 11.0 Å². The van der Waals surface area contributed by atoms with E-state index in [4.69, 9.17) is 0 Å². The number of urea groups is 1. The number of aromatic nitrogens is 1. The Morgan fingerprint density at radius 2 is 1.86 bits per heavy atom. The summed E-state index contributed by atoms with van der Waals surface area (Å²) in [6, 6.07) is 3.90. The van der Waals surface area contributed by atoms with Gasteiger partial charge in [0.1, 0.15) is 11.6 Å². The van der Waals surface area contributed by atoms with E-state index in [1.165, 1.54) is 12.3 Å². The van der Waals surface area contributed by atoms with Crippen LogP contribution in [0, 0.1) is 5.82 Å². The average molecular weight is 378 g/mol. The maximum atomic E-state index is 13.5. The molecule has 0 fully saturated rings. The number of hydrogen-bond donors (Lipinski definition) is 2. The van der Waals surface area contributed by atoms with E-state index in [0.29, 0.717) is 22.7 Å². The molecule has 0 saturated carbocycles. The second kappa shape index (κ2) is 6.30. The number of carbonyl (C=O) groups is 1. The first-order valence-corrected chi connectivity index (χ1v) is 6.61. The Bertz CT molecular complexity index is 689. The highest BCUT2D eigenvalue weighted by Gasteiger charge is 2.31. The minimum atomic E-state index is -4.63. The Labute approximate surface area is 130 Å². The summed E-state index contributed by atoms with van der Waals surface area (Å²) >= 11 is 3.15. The van der Waals surface area contributed by atoms with Crippen LogP contribution in [0.15, 0.2) is 41.0 Å². The number of benzene rings is 1. The molecule has 22 heavy (non-hydrogen) atoms. The van der Waals surface area contributed by atoms with Crippen LogP contribution in [0.25, 0.3) is 0 Å². The molecule has 0 spiro atoms. The molecule has 116 valence electrons. The summed E-state index contributed by atoms with van der Waals surface area (Å²) < 4.78 is 51.8. The van der Waals surface area contributed by atoms with Gasteiger partial charge in [0.05, 0.1) is 11.3 Å². The number of amides is 2. The van der Waals surface area contributed by atoms with Gasteiger partial charge in [0.15, 0.2) is 0 Å². The molecule has 4 nitrogen and oxygen atoms in total. The highest BCUT2D eigenvalue weighted by molar-refractivity contribution is 9.10. The first-order valence-electron chi connectivity index (χ1n) is 5.82. The summed E-state index contributed by atoms with van der Waals surface area (Å²) in [5.74, 6) is -0.819. The molecule has 0 aliphatic heterocycles. The zero-order chi connectivity index (χ0) is 16.3. The molecule has 1 aromatic carbocycles.